The van der Waals surface area contributed by atoms with Crippen molar-refractivity contribution in [2.24, 2.45) is 5.10 Å². The summed E-state index contributed by atoms with van der Waals surface area (Å²) >= 11 is 6.24. The number of benzene rings is 3. The SMILES string of the molecule is CC[C@@H](C)Oc1ccc(/C=N/NC(=O)COc2cccc3ccccc23)cc1Cl. The average molecular weight is 411 g/mol. The van der Waals surface area contributed by atoms with Gasteiger partial charge in [0.25, 0.3) is 5.91 Å². The van der Waals surface area contributed by atoms with E-state index < -0.39 is 0 Å². The van der Waals surface area contributed by atoms with Crippen LogP contribution in [-0.2, 0) is 4.79 Å². The number of ether oxygens (including phenoxy) is 2. The zero-order chi connectivity index (χ0) is 20.6. The minimum Gasteiger partial charge on any atom is -0.489 e. The molecule has 1 N–H and O–H groups in total. The normalized spacial score (nSPS) is 12.1. The van der Waals surface area contributed by atoms with Crippen molar-refractivity contribution in [2.45, 2.75) is 26.4 Å². The molecule has 5 nitrogen and oxygen atoms in total. The smallest absolute Gasteiger partial charge is 0.277 e. The molecule has 3 aromatic rings. The van der Waals surface area contributed by atoms with Crippen molar-refractivity contribution in [3.63, 3.8) is 0 Å². The van der Waals surface area contributed by atoms with Gasteiger partial charge in [0.05, 0.1) is 17.3 Å². The lowest BCUT2D eigenvalue weighted by atomic mass is 10.1. The minimum atomic E-state index is -0.350. The molecule has 1 amide bonds. The van der Waals surface area contributed by atoms with Crippen LogP contribution < -0.4 is 14.9 Å². The fourth-order valence-electron chi connectivity index (χ4n) is 2.67. The third-order valence-corrected chi connectivity index (χ3v) is 4.67. The van der Waals surface area contributed by atoms with Crippen molar-refractivity contribution < 1.29 is 14.3 Å². The molecule has 0 saturated carbocycles. The first-order chi connectivity index (χ1) is 14.1. The van der Waals surface area contributed by atoms with Crippen molar-refractivity contribution in [1.82, 2.24) is 5.43 Å². The molecule has 0 saturated heterocycles. The quantitative estimate of drug-likeness (QED) is 0.410. The van der Waals surface area contributed by atoms with Crippen LogP contribution in [0.1, 0.15) is 25.8 Å². The molecule has 6 heteroatoms. The molecule has 0 fully saturated rings. The Bertz CT molecular complexity index is 1010. The van der Waals surface area contributed by atoms with Crippen molar-refractivity contribution in [3.05, 3.63) is 71.2 Å². The molecule has 3 rings (SSSR count). The molecule has 0 radical (unpaired) electrons. The Morgan fingerprint density at radius 2 is 1.93 bits per heavy atom. The van der Waals surface area contributed by atoms with Gasteiger partial charge >= 0.3 is 0 Å². The highest BCUT2D eigenvalue weighted by Gasteiger charge is 2.07. The Hall–Kier alpha value is -3.05. The van der Waals surface area contributed by atoms with E-state index in [-0.39, 0.29) is 18.6 Å². The van der Waals surface area contributed by atoms with Gasteiger partial charge in [-0.2, -0.15) is 5.10 Å². The van der Waals surface area contributed by atoms with Crippen LogP contribution in [0.2, 0.25) is 5.02 Å². The molecule has 0 aliphatic carbocycles. The zero-order valence-corrected chi connectivity index (χ0v) is 17.1. The van der Waals surface area contributed by atoms with Crippen LogP contribution in [0.3, 0.4) is 0 Å². The number of hydrogen-bond donors (Lipinski definition) is 1. The van der Waals surface area contributed by atoms with Crippen molar-refractivity contribution in [1.29, 1.82) is 0 Å². The molecule has 150 valence electrons. The second-order valence-electron chi connectivity index (χ2n) is 6.59. The van der Waals surface area contributed by atoms with Crippen molar-refractivity contribution in [2.75, 3.05) is 6.61 Å². The van der Waals surface area contributed by atoms with Crippen LogP contribution in [0, 0.1) is 0 Å². The maximum Gasteiger partial charge on any atom is 0.277 e. The van der Waals surface area contributed by atoms with E-state index in [1.807, 2.05) is 62.4 Å². The maximum absolute atomic E-state index is 12.0. The van der Waals surface area contributed by atoms with E-state index in [1.54, 1.807) is 12.1 Å². The fraction of sp³-hybridized carbons (Fsp3) is 0.217. The number of carbonyl (C=O) groups is 1. The van der Waals surface area contributed by atoms with Gasteiger partial charge in [0, 0.05) is 5.39 Å². The second kappa shape index (κ2) is 9.94. The molecule has 0 aromatic heterocycles. The number of hydrogen-bond acceptors (Lipinski definition) is 4. The number of fused-ring (bicyclic) bond motifs is 1. The van der Waals surface area contributed by atoms with Crippen LogP contribution in [0.15, 0.2) is 65.8 Å². The molecular weight excluding hydrogens is 388 g/mol. The summed E-state index contributed by atoms with van der Waals surface area (Å²) in [5, 5.41) is 6.48. The highest BCUT2D eigenvalue weighted by Crippen LogP contribution is 2.26. The summed E-state index contributed by atoms with van der Waals surface area (Å²) in [5.74, 6) is 0.939. The Morgan fingerprint density at radius 1 is 1.14 bits per heavy atom. The van der Waals surface area contributed by atoms with Crippen LogP contribution in [0.25, 0.3) is 10.8 Å². The standard InChI is InChI=1S/C23H23ClN2O3/c1-3-16(2)29-22-12-11-17(13-20(22)24)14-25-26-23(27)15-28-21-10-6-8-18-7-4-5-9-19(18)21/h4-14,16H,3,15H2,1-2H3,(H,26,27)/b25-14+/t16-/m1/s1. The summed E-state index contributed by atoms with van der Waals surface area (Å²) in [7, 11) is 0. The van der Waals surface area contributed by atoms with Gasteiger partial charge in [0.1, 0.15) is 11.5 Å². The number of amides is 1. The fourth-order valence-corrected chi connectivity index (χ4v) is 2.90. The molecule has 0 heterocycles. The lowest BCUT2D eigenvalue weighted by molar-refractivity contribution is -0.123. The minimum absolute atomic E-state index is 0.0908. The molecular formula is C23H23ClN2O3. The van der Waals surface area contributed by atoms with E-state index in [0.29, 0.717) is 16.5 Å². The van der Waals surface area contributed by atoms with Gasteiger partial charge in [-0.3, -0.25) is 4.79 Å². The zero-order valence-electron chi connectivity index (χ0n) is 16.4. The number of hydrazone groups is 1. The molecule has 1 atom stereocenters. The van der Waals surface area contributed by atoms with Crippen LogP contribution in [-0.4, -0.2) is 24.8 Å². The van der Waals surface area contributed by atoms with Crippen LogP contribution >= 0.6 is 11.6 Å². The Morgan fingerprint density at radius 3 is 2.72 bits per heavy atom. The summed E-state index contributed by atoms with van der Waals surface area (Å²) in [5.41, 5.74) is 3.21. The number of rotatable bonds is 8. The van der Waals surface area contributed by atoms with Gasteiger partial charge in [0.2, 0.25) is 0 Å². The summed E-state index contributed by atoms with van der Waals surface area (Å²) in [6, 6.07) is 18.9. The first-order valence-electron chi connectivity index (χ1n) is 9.45. The lowest BCUT2D eigenvalue weighted by Crippen LogP contribution is -2.24. The van der Waals surface area contributed by atoms with Gasteiger partial charge in [0.15, 0.2) is 6.61 Å². The first kappa shape index (κ1) is 20.7. The molecule has 0 aliphatic rings. The molecule has 3 aromatic carbocycles. The largest absolute Gasteiger partial charge is 0.489 e. The van der Waals surface area contributed by atoms with Gasteiger partial charge in [-0.05, 0) is 48.6 Å². The molecule has 0 bridgehead atoms. The van der Waals surface area contributed by atoms with E-state index in [4.69, 9.17) is 21.1 Å². The van der Waals surface area contributed by atoms with Crippen LogP contribution in [0.4, 0.5) is 0 Å². The molecule has 0 unspecified atom stereocenters. The Balaban J connectivity index is 1.54. The molecule has 0 aliphatic heterocycles. The van der Waals surface area contributed by atoms with E-state index in [0.717, 1.165) is 22.8 Å². The van der Waals surface area contributed by atoms with Crippen molar-refractivity contribution in [3.8, 4) is 11.5 Å². The third kappa shape index (κ3) is 5.72. The predicted molar refractivity (Wildman–Crippen MR) is 117 cm³/mol. The third-order valence-electron chi connectivity index (χ3n) is 4.37. The van der Waals surface area contributed by atoms with E-state index >= 15 is 0 Å². The number of carbonyl (C=O) groups excluding carboxylic acids is 1. The first-order valence-corrected chi connectivity index (χ1v) is 9.83. The number of nitrogens with one attached hydrogen (secondary N) is 1. The molecule has 29 heavy (non-hydrogen) atoms. The van der Waals surface area contributed by atoms with Crippen molar-refractivity contribution >= 4 is 34.5 Å². The Labute approximate surface area is 175 Å². The Kier molecular flexibility index (Phi) is 7.09. The highest BCUT2D eigenvalue weighted by molar-refractivity contribution is 6.32. The number of halogens is 1. The van der Waals surface area contributed by atoms with Crippen LogP contribution in [0.5, 0.6) is 11.5 Å². The monoisotopic (exact) mass is 410 g/mol. The topological polar surface area (TPSA) is 59.9 Å². The summed E-state index contributed by atoms with van der Waals surface area (Å²) < 4.78 is 11.4. The highest BCUT2D eigenvalue weighted by atomic mass is 35.5. The van der Waals surface area contributed by atoms with E-state index in [9.17, 15) is 4.79 Å². The van der Waals surface area contributed by atoms with E-state index in [1.165, 1.54) is 6.21 Å². The summed E-state index contributed by atoms with van der Waals surface area (Å²) in [6.07, 6.45) is 2.51. The van der Waals surface area contributed by atoms with Gasteiger partial charge in [-0.1, -0.05) is 54.9 Å². The number of nitrogens with zero attached hydrogens (tertiary/aromatic N) is 1. The van der Waals surface area contributed by atoms with Gasteiger partial charge in [-0.25, -0.2) is 5.43 Å². The molecule has 0 spiro atoms. The summed E-state index contributed by atoms with van der Waals surface area (Å²) in [4.78, 5) is 12.0. The van der Waals surface area contributed by atoms with E-state index in [2.05, 4.69) is 10.5 Å². The van der Waals surface area contributed by atoms with Gasteiger partial charge < -0.3 is 9.47 Å². The maximum atomic E-state index is 12.0. The predicted octanol–water partition coefficient (Wildman–Crippen LogP) is 5.20. The summed E-state index contributed by atoms with van der Waals surface area (Å²) in [6.45, 7) is 3.90. The second-order valence-corrected chi connectivity index (χ2v) is 6.99. The average Bonchev–Trinajstić information content (AvgIpc) is 2.74. The lowest BCUT2D eigenvalue weighted by Gasteiger charge is -2.13. The van der Waals surface area contributed by atoms with Gasteiger partial charge in [-0.15, -0.1) is 0 Å².